The van der Waals surface area contributed by atoms with E-state index in [1.54, 1.807) is 0 Å². The van der Waals surface area contributed by atoms with Crippen LogP contribution in [0.1, 0.15) is 50.8 Å². The highest BCUT2D eigenvalue weighted by Crippen LogP contribution is 2.32. The van der Waals surface area contributed by atoms with Gasteiger partial charge in [0.05, 0.1) is 0 Å². The first-order valence-corrected chi connectivity index (χ1v) is 9.27. The number of carbonyl (C=O) groups is 4. The fourth-order valence-corrected chi connectivity index (χ4v) is 3.70. The highest BCUT2D eigenvalue weighted by Gasteiger charge is 2.40. The number of anilines is 1. The number of amides is 4. The van der Waals surface area contributed by atoms with Gasteiger partial charge in [0.25, 0.3) is 11.8 Å². The highest BCUT2D eigenvalue weighted by atomic mass is 19.4. The summed E-state index contributed by atoms with van der Waals surface area (Å²) in [7, 11) is 0. The van der Waals surface area contributed by atoms with Gasteiger partial charge in [-0.05, 0) is 37.1 Å². The number of piperidine rings is 1. The molecule has 2 aliphatic rings. The second kappa shape index (κ2) is 7.22. The van der Waals surface area contributed by atoms with E-state index in [1.165, 1.54) is 30.0 Å². The summed E-state index contributed by atoms with van der Waals surface area (Å²) in [6.07, 6.45) is -4.46. The third-order valence-electron chi connectivity index (χ3n) is 5.10. The number of nitrogens with zero attached hydrogens (tertiary/aromatic N) is 2. The highest BCUT2D eigenvalue weighted by molar-refractivity contribution is 6.07. The van der Waals surface area contributed by atoms with E-state index in [0.29, 0.717) is 11.1 Å². The number of halogens is 3. The van der Waals surface area contributed by atoms with Crippen molar-refractivity contribution in [3.63, 3.8) is 0 Å². The quantitative estimate of drug-likeness (QED) is 0.634. The van der Waals surface area contributed by atoms with E-state index in [-0.39, 0.29) is 30.9 Å². The number of benzene rings is 1. The Balaban J connectivity index is 1.54. The maximum atomic E-state index is 13.1. The lowest BCUT2D eigenvalue weighted by atomic mass is 10.0. The molecule has 0 spiro atoms. The zero-order valence-electron chi connectivity index (χ0n) is 16.1. The van der Waals surface area contributed by atoms with Gasteiger partial charge < -0.3 is 15.2 Å². The van der Waals surface area contributed by atoms with Crippen LogP contribution in [0.15, 0.2) is 18.2 Å². The topological polar surface area (TPSA) is 124 Å². The zero-order chi connectivity index (χ0) is 22.5. The summed E-state index contributed by atoms with van der Waals surface area (Å²) in [5.74, 6) is -2.47. The number of aromatic amines is 1. The second-order valence-corrected chi connectivity index (χ2v) is 7.27. The number of rotatable bonds is 3. The van der Waals surface area contributed by atoms with Crippen molar-refractivity contribution in [2.75, 3.05) is 5.32 Å². The van der Waals surface area contributed by atoms with E-state index in [9.17, 15) is 32.3 Å². The third kappa shape index (κ3) is 3.76. The first kappa shape index (κ1) is 20.6. The van der Waals surface area contributed by atoms with Crippen LogP contribution in [0.5, 0.6) is 0 Å². The van der Waals surface area contributed by atoms with Gasteiger partial charge in [-0.2, -0.15) is 13.2 Å². The second-order valence-electron chi connectivity index (χ2n) is 7.27. The van der Waals surface area contributed by atoms with Crippen molar-refractivity contribution in [1.29, 1.82) is 0 Å². The molecule has 162 valence electrons. The van der Waals surface area contributed by atoms with Crippen molar-refractivity contribution in [2.45, 2.75) is 38.5 Å². The molecule has 0 saturated carbocycles. The summed E-state index contributed by atoms with van der Waals surface area (Å²) in [4.78, 5) is 55.5. The lowest BCUT2D eigenvalue weighted by Gasteiger charge is -2.29. The Bertz CT molecular complexity index is 1120. The van der Waals surface area contributed by atoms with Crippen LogP contribution in [-0.4, -0.2) is 44.5 Å². The van der Waals surface area contributed by atoms with Gasteiger partial charge in [-0.3, -0.25) is 24.5 Å². The van der Waals surface area contributed by atoms with E-state index in [2.05, 4.69) is 15.6 Å². The molecular weight excluding hydrogens is 419 g/mol. The largest absolute Gasteiger partial charge is 0.433 e. The molecule has 1 atom stereocenters. The first-order chi connectivity index (χ1) is 14.5. The number of H-pyrrole nitrogens is 1. The number of carbonyl (C=O) groups excluding carboxylic acids is 4. The molecule has 1 fully saturated rings. The summed E-state index contributed by atoms with van der Waals surface area (Å²) < 4.78 is 39.3. The molecule has 0 bridgehead atoms. The molecule has 3 N–H and O–H groups in total. The fourth-order valence-electron chi connectivity index (χ4n) is 3.70. The van der Waals surface area contributed by atoms with E-state index >= 15 is 0 Å². The molecule has 1 aromatic carbocycles. The Hall–Kier alpha value is -3.70. The molecule has 4 rings (SSSR count). The molecule has 1 unspecified atom stereocenters. The number of imide groups is 1. The van der Waals surface area contributed by atoms with Crippen molar-refractivity contribution in [3.8, 4) is 0 Å². The van der Waals surface area contributed by atoms with Gasteiger partial charge in [-0.1, -0.05) is 0 Å². The number of aryl methyl sites for hydroxylation is 1. The number of nitrogens with one attached hydrogen (secondary N) is 3. The molecule has 1 saturated heterocycles. The van der Waals surface area contributed by atoms with Crippen LogP contribution in [0.4, 0.5) is 18.9 Å². The maximum Gasteiger partial charge on any atom is 0.433 e. The summed E-state index contributed by atoms with van der Waals surface area (Å²) in [5, 5.41) is 4.56. The Kier molecular flexibility index (Phi) is 4.79. The smallest absolute Gasteiger partial charge is 0.338 e. The molecule has 2 aromatic rings. The maximum absolute atomic E-state index is 13.1. The lowest BCUT2D eigenvalue weighted by Crippen LogP contribution is -2.52. The van der Waals surface area contributed by atoms with Crippen LogP contribution in [0.3, 0.4) is 0 Å². The fraction of sp³-hybridized carbons (Fsp3) is 0.316. The average Bonchev–Trinajstić information content (AvgIpc) is 3.22. The minimum atomic E-state index is -4.78. The van der Waals surface area contributed by atoms with Crippen LogP contribution in [-0.2, 0) is 22.3 Å². The van der Waals surface area contributed by atoms with Gasteiger partial charge in [-0.15, -0.1) is 0 Å². The normalized spacial score (nSPS) is 18.8. The summed E-state index contributed by atoms with van der Waals surface area (Å²) in [5.41, 5.74) is -1.04. The Labute approximate surface area is 173 Å². The summed E-state index contributed by atoms with van der Waals surface area (Å²) in [6, 6.07) is 3.48. The van der Waals surface area contributed by atoms with Crippen LogP contribution in [0.2, 0.25) is 0 Å². The monoisotopic (exact) mass is 435 g/mol. The van der Waals surface area contributed by atoms with Crippen molar-refractivity contribution < 1.29 is 32.3 Å². The Morgan fingerprint density at radius 3 is 2.68 bits per heavy atom. The van der Waals surface area contributed by atoms with Crippen molar-refractivity contribution >= 4 is 29.3 Å². The summed E-state index contributed by atoms with van der Waals surface area (Å²) >= 11 is 0. The predicted molar refractivity (Wildman–Crippen MR) is 98.8 cm³/mol. The molecule has 12 heteroatoms. The van der Waals surface area contributed by atoms with Gasteiger partial charge in [0.15, 0.2) is 11.4 Å². The molecule has 2 aliphatic heterocycles. The zero-order valence-corrected chi connectivity index (χ0v) is 16.1. The molecular formula is C19H16F3N5O4. The standard InChI is InChI=1S/C19H16F3N5O4/c1-8-23-14(15(24-8)19(20,21)22)17(30)25-10-2-3-11-9(6-10)7-27(18(11)31)12-4-5-13(28)26-16(12)29/h2-3,6,12H,4-5,7H2,1H3,(H,23,24)(H,25,30)(H,26,28,29). The van der Waals surface area contributed by atoms with E-state index in [1.807, 2.05) is 4.98 Å². The van der Waals surface area contributed by atoms with Gasteiger partial charge >= 0.3 is 6.18 Å². The van der Waals surface area contributed by atoms with E-state index in [0.717, 1.165) is 0 Å². The van der Waals surface area contributed by atoms with Crippen LogP contribution in [0.25, 0.3) is 0 Å². The Morgan fingerprint density at radius 2 is 2.00 bits per heavy atom. The van der Waals surface area contributed by atoms with Crippen molar-refractivity contribution in [1.82, 2.24) is 20.2 Å². The predicted octanol–water partition coefficient (Wildman–Crippen LogP) is 1.75. The van der Waals surface area contributed by atoms with Crippen LogP contribution in [0, 0.1) is 6.92 Å². The Morgan fingerprint density at radius 1 is 1.26 bits per heavy atom. The number of hydrogen-bond donors (Lipinski definition) is 3. The SMILES string of the molecule is Cc1nc(C(=O)Nc2ccc3c(c2)CN(C2CCC(=O)NC2=O)C3=O)c(C(F)(F)F)[nH]1. The van der Waals surface area contributed by atoms with E-state index < -0.39 is 47.2 Å². The molecule has 3 heterocycles. The van der Waals surface area contributed by atoms with Gasteiger partial charge in [0.1, 0.15) is 11.9 Å². The number of fused-ring (bicyclic) bond motifs is 1. The molecule has 4 amide bonds. The molecule has 31 heavy (non-hydrogen) atoms. The lowest BCUT2D eigenvalue weighted by molar-refractivity contribution is -0.141. The molecule has 9 nitrogen and oxygen atoms in total. The van der Waals surface area contributed by atoms with Gasteiger partial charge in [0, 0.05) is 24.2 Å². The van der Waals surface area contributed by atoms with Crippen LogP contribution >= 0.6 is 0 Å². The number of imidazole rings is 1. The van der Waals surface area contributed by atoms with Gasteiger partial charge in [0.2, 0.25) is 11.8 Å². The van der Waals surface area contributed by atoms with Crippen molar-refractivity contribution in [2.24, 2.45) is 0 Å². The number of alkyl halides is 3. The minimum absolute atomic E-state index is 0.0584. The number of aromatic nitrogens is 2. The number of hydrogen-bond acceptors (Lipinski definition) is 5. The summed E-state index contributed by atoms with van der Waals surface area (Å²) in [6.45, 7) is 1.37. The third-order valence-corrected chi connectivity index (χ3v) is 5.10. The first-order valence-electron chi connectivity index (χ1n) is 9.27. The molecule has 1 aromatic heterocycles. The average molecular weight is 435 g/mol. The minimum Gasteiger partial charge on any atom is -0.338 e. The van der Waals surface area contributed by atoms with Gasteiger partial charge in [-0.25, -0.2) is 4.98 Å². The van der Waals surface area contributed by atoms with Crippen molar-refractivity contribution in [3.05, 3.63) is 46.5 Å². The van der Waals surface area contributed by atoms with Crippen LogP contribution < -0.4 is 10.6 Å². The molecule has 0 radical (unpaired) electrons. The van der Waals surface area contributed by atoms with E-state index in [4.69, 9.17) is 0 Å². The molecule has 0 aliphatic carbocycles.